The van der Waals surface area contributed by atoms with E-state index in [0.29, 0.717) is 11.6 Å². The first kappa shape index (κ1) is 14.8. The zero-order valence-corrected chi connectivity index (χ0v) is 13.6. The average Bonchev–Trinajstić information content (AvgIpc) is 3.06. The van der Waals surface area contributed by atoms with Crippen molar-refractivity contribution in [3.8, 4) is 11.1 Å². The third kappa shape index (κ3) is 2.86. The highest BCUT2D eigenvalue weighted by Gasteiger charge is 2.04. The zero-order chi connectivity index (χ0) is 16.5. The summed E-state index contributed by atoms with van der Waals surface area (Å²) >= 11 is 5.92. The molecule has 0 saturated heterocycles. The Bertz CT molecular complexity index is 1060. The number of benzene rings is 2. The van der Waals surface area contributed by atoms with Crippen LogP contribution < -0.4 is 5.56 Å². The van der Waals surface area contributed by atoms with Gasteiger partial charge in [0.1, 0.15) is 0 Å². The van der Waals surface area contributed by atoms with Crippen LogP contribution in [0.3, 0.4) is 0 Å². The summed E-state index contributed by atoms with van der Waals surface area (Å²) in [7, 11) is 0. The molecule has 2 aromatic carbocycles. The number of halogens is 1. The van der Waals surface area contributed by atoms with Crippen molar-refractivity contribution in [2.75, 3.05) is 0 Å². The van der Waals surface area contributed by atoms with E-state index in [9.17, 15) is 4.79 Å². The number of H-pyrrole nitrogens is 1. The second kappa shape index (κ2) is 6.02. The summed E-state index contributed by atoms with van der Waals surface area (Å²) in [4.78, 5) is 15.4. The first-order valence-electron chi connectivity index (χ1n) is 7.71. The fourth-order valence-electron chi connectivity index (χ4n) is 2.85. The van der Waals surface area contributed by atoms with Gasteiger partial charge in [0.05, 0.1) is 6.54 Å². The molecule has 0 bridgehead atoms. The molecule has 0 saturated carbocycles. The van der Waals surface area contributed by atoms with Crippen LogP contribution in [0.4, 0.5) is 0 Å². The maximum atomic E-state index is 12.2. The Labute approximate surface area is 144 Å². The van der Waals surface area contributed by atoms with Gasteiger partial charge in [0.15, 0.2) is 0 Å². The SMILES string of the molecule is O=c1ccc(-c2ccc3[nH]ccc3c2)cn1Cc1ccc(Cl)cc1. The quantitative estimate of drug-likeness (QED) is 0.579. The molecule has 0 aliphatic carbocycles. The molecule has 0 amide bonds. The van der Waals surface area contributed by atoms with Crippen LogP contribution in [0.25, 0.3) is 22.0 Å². The summed E-state index contributed by atoms with van der Waals surface area (Å²) in [5, 5.41) is 1.85. The van der Waals surface area contributed by atoms with Crippen LogP contribution in [0.15, 0.2) is 77.9 Å². The highest BCUT2D eigenvalue weighted by Crippen LogP contribution is 2.23. The standard InChI is InChI=1S/C20H15ClN2O/c21-18-5-1-14(2-6-18)12-23-13-17(4-8-20(23)24)15-3-7-19-16(11-15)9-10-22-19/h1-11,13,22H,12H2. The number of fused-ring (bicyclic) bond motifs is 1. The normalized spacial score (nSPS) is 11.0. The van der Waals surface area contributed by atoms with Gasteiger partial charge in [-0.2, -0.15) is 0 Å². The minimum atomic E-state index is -0.0172. The molecular weight excluding hydrogens is 320 g/mol. The van der Waals surface area contributed by atoms with Gasteiger partial charge in [-0.15, -0.1) is 0 Å². The molecule has 2 heterocycles. The lowest BCUT2D eigenvalue weighted by Gasteiger charge is -2.09. The molecule has 24 heavy (non-hydrogen) atoms. The van der Waals surface area contributed by atoms with Crippen molar-refractivity contribution < 1.29 is 0 Å². The summed E-state index contributed by atoms with van der Waals surface area (Å²) in [6, 6.07) is 19.3. The van der Waals surface area contributed by atoms with E-state index in [1.807, 2.05) is 48.8 Å². The molecule has 1 N–H and O–H groups in total. The predicted octanol–water partition coefficient (Wildman–Crippen LogP) is 4.70. The molecule has 3 nitrogen and oxygen atoms in total. The Kier molecular flexibility index (Phi) is 3.71. The van der Waals surface area contributed by atoms with Crippen LogP contribution in [-0.2, 0) is 6.54 Å². The molecule has 0 unspecified atom stereocenters. The molecule has 0 aliphatic heterocycles. The van der Waals surface area contributed by atoms with E-state index in [1.54, 1.807) is 10.6 Å². The first-order valence-corrected chi connectivity index (χ1v) is 8.09. The van der Waals surface area contributed by atoms with Crippen LogP contribution >= 0.6 is 11.6 Å². The van der Waals surface area contributed by atoms with Crippen molar-refractivity contribution in [3.05, 3.63) is 94.0 Å². The van der Waals surface area contributed by atoms with E-state index in [1.165, 1.54) is 0 Å². The van der Waals surface area contributed by atoms with Gasteiger partial charge >= 0.3 is 0 Å². The first-order chi connectivity index (χ1) is 11.7. The molecular formula is C20H15ClN2O. The molecule has 0 radical (unpaired) electrons. The highest BCUT2D eigenvalue weighted by atomic mass is 35.5. The Morgan fingerprint density at radius 2 is 1.71 bits per heavy atom. The van der Waals surface area contributed by atoms with E-state index < -0.39 is 0 Å². The molecule has 118 valence electrons. The van der Waals surface area contributed by atoms with E-state index >= 15 is 0 Å². The Morgan fingerprint density at radius 1 is 0.917 bits per heavy atom. The van der Waals surface area contributed by atoms with Crippen molar-refractivity contribution in [1.82, 2.24) is 9.55 Å². The van der Waals surface area contributed by atoms with E-state index in [0.717, 1.165) is 27.6 Å². The minimum absolute atomic E-state index is 0.0172. The van der Waals surface area contributed by atoms with Crippen LogP contribution in [-0.4, -0.2) is 9.55 Å². The molecule has 4 heteroatoms. The highest BCUT2D eigenvalue weighted by molar-refractivity contribution is 6.30. The fourth-order valence-corrected chi connectivity index (χ4v) is 2.97. The summed E-state index contributed by atoms with van der Waals surface area (Å²) in [5.74, 6) is 0. The monoisotopic (exact) mass is 334 g/mol. The van der Waals surface area contributed by atoms with Gasteiger partial charge in [0, 0.05) is 29.0 Å². The smallest absolute Gasteiger partial charge is 0.250 e. The van der Waals surface area contributed by atoms with Gasteiger partial charge in [-0.05, 0) is 58.5 Å². The largest absolute Gasteiger partial charge is 0.361 e. The van der Waals surface area contributed by atoms with Crippen LogP contribution in [0.2, 0.25) is 5.02 Å². The second-order valence-corrected chi connectivity index (χ2v) is 6.23. The number of pyridine rings is 1. The summed E-state index contributed by atoms with van der Waals surface area (Å²) in [6.07, 6.45) is 3.83. The van der Waals surface area contributed by atoms with Crippen molar-refractivity contribution in [2.24, 2.45) is 0 Å². The van der Waals surface area contributed by atoms with Crippen molar-refractivity contribution in [1.29, 1.82) is 0 Å². The molecule has 0 spiro atoms. The summed E-state index contributed by atoms with van der Waals surface area (Å²) in [6.45, 7) is 0.524. The van der Waals surface area contributed by atoms with Gasteiger partial charge in [-0.3, -0.25) is 4.79 Å². The summed E-state index contributed by atoms with van der Waals surface area (Å²) < 4.78 is 1.72. The van der Waals surface area contributed by atoms with E-state index in [-0.39, 0.29) is 5.56 Å². The number of nitrogens with one attached hydrogen (secondary N) is 1. The number of hydrogen-bond acceptors (Lipinski definition) is 1. The Hall–Kier alpha value is -2.78. The molecule has 2 aromatic heterocycles. The number of hydrogen-bond donors (Lipinski definition) is 1. The summed E-state index contributed by atoms with van der Waals surface area (Å²) in [5.41, 5.74) is 4.24. The molecule has 4 aromatic rings. The average molecular weight is 335 g/mol. The third-order valence-corrected chi connectivity index (χ3v) is 4.39. The zero-order valence-electron chi connectivity index (χ0n) is 12.9. The number of aromatic amines is 1. The minimum Gasteiger partial charge on any atom is -0.361 e. The topological polar surface area (TPSA) is 37.8 Å². The van der Waals surface area contributed by atoms with Crippen molar-refractivity contribution in [3.63, 3.8) is 0 Å². The lowest BCUT2D eigenvalue weighted by Crippen LogP contribution is -2.19. The van der Waals surface area contributed by atoms with Gasteiger partial charge in [-0.25, -0.2) is 0 Å². The third-order valence-electron chi connectivity index (χ3n) is 4.14. The molecule has 4 rings (SSSR count). The van der Waals surface area contributed by atoms with Gasteiger partial charge in [-0.1, -0.05) is 29.8 Å². The lowest BCUT2D eigenvalue weighted by molar-refractivity contribution is 0.761. The van der Waals surface area contributed by atoms with E-state index in [2.05, 4.69) is 23.2 Å². The van der Waals surface area contributed by atoms with Crippen LogP contribution in [0.5, 0.6) is 0 Å². The van der Waals surface area contributed by atoms with Gasteiger partial charge < -0.3 is 9.55 Å². The number of aromatic nitrogens is 2. The predicted molar refractivity (Wildman–Crippen MR) is 98.5 cm³/mol. The molecule has 0 atom stereocenters. The van der Waals surface area contributed by atoms with Gasteiger partial charge in [0.2, 0.25) is 0 Å². The molecule has 0 aliphatic rings. The lowest BCUT2D eigenvalue weighted by atomic mass is 10.1. The maximum Gasteiger partial charge on any atom is 0.250 e. The van der Waals surface area contributed by atoms with Gasteiger partial charge in [0.25, 0.3) is 5.56 Å². The van der Waals surface area contributed by atoms with E-state index in [4.69, 9.17) is 11.6 Å². The van der Waals surface area contributed by atoms with Crippen LogP contribution in [0.1, 0.15) is 5.56 Å². The number of nitrogens with zero attached hydrogens (tertiary/aromatic N) is 1. The van der Waals surface area contributed by atoms with Crippen molar-refractivity contribution >= 4 is 22.5 Å². The maximum absolute atomic E-state index is 12.2. The Balaban J connectivity index is 1.72. The molecule has 0 fully saturated rings. The Morgan fingerprint density at radius 3 is 2.54 bits per heavy atom. The fraction of sp³-hybridized carbons (Fsp3) is 0.0500. The second-order valence-electron chi connectivity index (χ2n) is 5.79. The van der Waals surface area contributed by atoms with Crippen LogP contribution in [0, 0.1) is 0 Å². The number of rotatable bonds is 3. The van der Waals surface area contributed by atoms with Crippen molar-refractivity contribution in [2.45, 2.75) is 6.54 Å².